The Morgan fingerprint density at radius 1 is 1.21 bits per heavy atom. The van der Waals surface area contributed by atoms with Gasteiger partial charge in [0.25, 0.3) is 0 Å². The maximum atomic E-state index is 10.5. The number of rotatable bonds is 2. The summed E-state index contributed by atoms with van der Waals surface area (Å²) in [6.45, 7) is 0. The van der Waals surface area contributed by atoms with Crippen LogP contribution in [0.4, 0.5) is 0 Å². The minimum Gasteiger partial charge on any atom is -0.479 e. The number of aliphatic hydroxyl groups is 3. The summed E-state index contributed by atoms with van der Waals surface area (Å²) in [5.41, 5.74) is 0. The molecule has 0 amide bonds. The Morgan fingerprint density at radius 3 is 2.21 bits per heavy atom. The Labute approximate surface area is 79.5 Å². The highest BCUT2D eigenvalue weighted by Crippen LogP contribution is 2.21. The van der Waals surface area contributed by atoms with Crippen molar-refractivity contribution < 1.29 is 34.7 Å². The molecule has 0 aromatic carbocycles. The van der Waals surface area contributed by atoms with Crippen molar-refractivity contribution in [2.75, 3.05) is 7.11 Å². The molecular weight excluding hydrogens is 197 g/mol. The number of carboxylic acid groups (broad SMARTS) is 1. The first kappa shape index (κ1) is 11.3. The number of hydrogen-bond donors (Lipinski definition) is 4. The number of methoxy groups -OCH3 is 1. The Bertz CT molecular complexity index is 216. The van der Waals surface area contributed by atoms with Gasteiger partial charge in [-0.3, -0.25) is 0 Å². The fraction of sp³-hybridized carbons (Fsp3) is 0.857. The first-order valence-electron chi connectivity index (χ1n) is 3.94. The summed E-state index contributed by atoms with van der Waals surface area (Å²) in [5, 5.41) is 36.3. The predicted octanol–water partition coefficient (Wildman–Crippen LogP) is -2.47. The Balaban J connectivity index is 2.78. The Morgan fingerprint density at radius 2 is 1.79 bits per heavy atom. The highest BCUT2D eigenvalue weighted by molar-refractivity contribution is 5.73. The van der Waals surface area contributed by atoms with E-state index in [1.54, 1.807) is 0 Å². The Hall–Kier alpha value is -0.730. The van der Waals surface area contributed by atoms with E-state index in [0.29, 0.717) is 0 Å². The van der Waals surface area contributed by atoms with Gasteiger partial charge in [-0.25, -0.2) is 4.79 Å². The molecule has 1 aliphatic rings. The zero-order chi connectivity index (χ0) is 10.9. The molecule has 82 valence electrons. The molecule has 0 radical (unpaired) electrons. The van der Waals surface area contributed by atoms with Crippen molar-refractivity contribution in [3.8, 4) is 0 Å². The Kier molecular flexibility index (Phi) is 3.40. The minimum atomic E-state index is -1.67. The van der Waals surface area contributed by atoms with Gasteiger partial charge in [0, 0.05) is 7.11 Å². The van der Waals surface area contributed by atoms with Crippen LogP contribution in [0, 0.1) is 0 Å². The lowest BCUT2D eigenvalue weighted by atomic mass is 10.0. The minimum absolute atomic E-state index is 1.19. The molecule has 5 atom stereocenters. The van der Waals surface area contributed by atoms with Crippen molar-refractivity contribution in [2.24, 2.45) is 0 Å². The number of carbonyl (C=O) groups is 1. The van der Waals surface area contributed by atoms with Gasteiger partial charge >= 0.3 is 5.97 Å². The second-order valence-electron chi connectivity index (χ2n) is 2.97. The number of aliphatic hydroxyl groups excluding tert-OH is 3. The topological polar surface area (TPSA) is 116 Å². The molecule has 0 bridgehead atoms. The monoisotopic (exact) mass is 209 g/mol. The van der Waals surface area contributed by atoms with Crippen molar-refractivity contribution in [3.05, 3.63) is 0 Å². The molecule has 7 heteroatoms. The fourth-order valence-electron chi connectivity index (χ4n) is 1.25. The van der Waals surface area contributed by atoms with Gasteiger partial charge in [0.15, 0.2) is 12.4 Å². The number of ether oxygens (including phenoxy) is 2. The van der Waals surface area contributed by atoms with Gasteiger partial charge in [-0.1, -0.05) is 0 Å². The van der Waals surface area contributed by atoms with E-state index >= 15 is 0 Å². The van der Waals surface area contributed by atoms with Crippen LogP contribution >= 0.6 is 0 Å². The van der Waals surface area contributed by atoms with Crippen LogP contribution in [0.3, 0.4) is 0 Å². The molecule has 4 N–H and O–H groups in total. The molecular formula is C7H12O7. The summed E-state index contributed by atoms with van der Waals surface area (Å²) in [4.78, 5) is 10.5. The highest BCUT2D eigenvalue weighted by atomic mass is 16.8. The van der Waals surface area contributed by atoms with Crippen molar-refractivity contribution in [3.63, 3.8) is 0 Å². The van der Waals surface area contributed by atoms with Gasteiger partial charge in [-0.2, -0.15) is 0 Å². The average molecular weight is 209 g/mol. The van der Waals surface area contributed by atoms with Crippen LogP contribution in [0.25, 0.3) is 0 Å². The van der Waals surface area contributed by atoms with E-state index < -0.39 is 36.7 Å². The van der Waals surface area contributed by atoms with E-state index in [2.05, 4.69) is 4.74 Å². The standard InChI is InChI=1S/C7H12O7/c1-13-7-4(10)2(8)3(9)5(14-7)6(11)12/h2-5,7-10H,1H3,(H,11,12)/t2-,3-,4+,5-,7-/m0/s1/i7+1. The van der Waals surface area contributed by atoms with Crippen LogP contribution in [-0.4, -0.2) is 64.2 Å². The van der Waals surface area contributed by atoms with Gasteiger partial charge in [-0.15, -0.1) is 0 Å². The SMILES string of the molecule is CO[13C@H]1O[C@H](C(=O)O)[C@@H](O)[C@H](O)[C@H]1O. The van der Waals surface area contributed by atoms with Crippen LogP contribution in [0.2, 0.25) is 0 Å². The van der Waals surface area contributed by atoms with E-state index in [1.807, 2.05) is 0 Å². The third-order valence-corrected chi connectivity index (χ3v) is 2.05. The molecule has 1 heterocycles. The van der Waals surface area contributed by atoms with E-state index in [1.165, 1.54) is 7.11 Å². The van der Waals surface area contributed by atoms with Crippen molar-refractivity contribution in [2.45, 2.75) is 30.7 Å². The third kappa shape index (κ3) is 1.86. The van der Waals surface area contributed by atoms with Crippen molar-refractivity contribution in [1.29, 1.82) is 0 Å². The molecule has 1 fully saturated rings. The van der Waals surface area contributed by atoms with Crippen LogP contribution < -0.4 is 0 Å². The van der Waals surface area contributed by atoms with E-state index in [4.69, 9.17) is 9.84 Å². The van der Waals surface area contributed by atoms with Gasteiger partial charge < -0.3 is 29.9 Å². The zero-order valence-electron chi connectivity index (χ0n) is 7.40. The molecule has 0 saturated carbocycles. The average Bonchev–Trinajstić information content (AvgIpc) is 2.14. The molecule has 1 saturated heterocycles. The highest BCUT2D eigenvalue weighted by Gasteiger charge is 2.46. The molecule has 0 aromatic rings. The quantitative estimate of drug-likeness (QED) is 0.372. The lowest BCUT2D eigenvalue weighted by molar-refractivity contribution is -0.287. The number of hydrogen-bond acceptors (Lipinski definition) is 6. The maximum Gasteiger partial charge on any atom is 0.335 e. The fourth-order valence-corrected chi connectivity index (χ4v) is 1.25. The summed E-state index contributed by atoms with van der Waals surface area (Å²) >= 11 is 0. The summed E-state index contributed by atoms with van der Waals surface area (Å²) < 4.78 is 9.31. The molecule has 14 heavy (non-hydrogen) atoms. The van der Waals surface area contributed by atoms with Crippen molar-refractivity contribution in [1.82, 2.24) is 0 Å². The smallest absolute Gasteiger partial charge is 0.335 e. The summed E-state index contributed by atoms with van der Waals surface area (Å²) in [6, 6.07) is 0. The first-order valence-corrected chi connectivity index (χ1v) is 3.94. The van der Waals surface area contributed by atoms with E-state index in [-0.39, 0.29) is 0 Å². The van der Waals surface area contributed by atoms with Gasteiger partial charge in [-0.05, 0) is 0 Å². The van der Waals surface area contributed by atoms with Crippen LogP contribution in [-0.2, 0) is 14.3 Å². The van der Waals surface area contributed by atoms with Crippen LogP contribution in [0.5, 0.6) is 0 Å². The van der Waals surface area contributed by atoms with Gasteiger partial charge in [0.2, 0.25) is 0 Å². The van der Waals surface area contributed by atoms with Gasteiger partial charge in [0.1, 0.15) is 18.3 Å². The largest absolute Gasteiger partial charge is 0.479 e. The molecule has 1 aliphatic heterocycles. The molecule has 0 aromatic heterocycles. The lowest BCUT2D eigenvalue weighted by Gasteiger charge is -2.37. The molecule has 7 nitrogen and oxygen atoms in total. The molecule has 0 spiro atoms. The predicted molar refractivity (Wildman–Crippen MR) is 41.3 cm³/mol. The zero-order valence-corrected chi connectivity index (χ0v) is 7.40. The molecule has 1 rings (SSSR count). The van der Waals surface area contributed by atoms with Gasteiger partial charge in [0.05, 0.1) is 0 Å². The summed E-state index contributed by atoms with van der Waals surface area (Å²) in [6.07, 6.45) is -7.60. The lowest BCUT2D eigenvalue weighted by Crippen LogP contribution is -2.60. The molecule has 0 unspecified atom stereocenters. The van der Waals surface area contributed by atoms with E-state index in [9.17, 15) is 20.1 Å². The van der Waals surface area contributed by atoms with Crippen LogP contribution in [0.15, 0.2) is 0 Å². The number of aliphatic carboxylic acids is 1. The summed E-state index contributed by atoms with van der Waals surface area (Å²) in [5.74, 6) is -1.43. The normalized spacial score (nSPS) is 43.6. The maximum absolute atomic E-state index is 10.5. The second-order valence-corrected chi connectivity index (χ2v) is 2.97. The molecule has 0 aliphatic carbocycles. The van der Waals surface area contributed by atoms with E-state index in [0.717, 1.165) is 0 Å². The summed E-state index contributed by atoms with van der Waals surface area (Å²) in [7, 11) is 1.19. The second kappa shape index (κ2) is 4.20. The number of carboxylic acids is 1. The third-order valence-electron chi connectivity index (χ3n) is 2.05. The van der Waals surface area contributed by atoms with Crippen molar-refractivity contribution >= 4 is 5.97 Å². The first-order chi connectivity index (χ1) is 6.49. The van der Waals surface area contributed by atoms with Crippen LogP contribution in [0.1, 0.15) is 0 Å².